The highest BCUT2D eigenvalue weighted by molar-refractivity contribution is 8.61. The fraction of sp³-hybridized carbons (Fsp3) is 1.00. The smallest absolute Gasteiger partial charge is 0.0689 e. The van der Waals surface area contributed by atoms with Crippen molar-refractivity contribution in [3.63, 3.8) is 0 Å². The molecule has 0 bridgehead atoms. The molecule has 1 nitrogen and oxygen atoms in total. The van der Waals surface area contributed by atoms with Crippen LogP contribution in [0.15, 0.2) is 0 Å². The molecule has 1 spiro atoms. The lowest BCUT2D eigenvalue weighted by Crippen LogP contribution is -2.39. The van der Waals surface area contributed by atoms with Gasteiger partial charge in [0.05, 0.1) is 5.60 Å². The summed E-state index contributed by atoms with van der Waals surface area (Å²) in [4.78, 5) is 0. The first kappa shape index (κ1) is 13.1. The molecule has 0 aromatic carbocycles. The van der Waals surface area contributed by atoms with E-state index >= 15 is 0 Å². The highest BCUT2D eigenvalue weighted by atomic mass is 32.6. The third-order valence-corrected chi connectivity index (χ3v) is 15.4. The van der Waals surface area contributed by atoms with Crippen molar-refractivity contribution in [1.29, 1.82) is 0 Å². The Morgan fingerprint density at radius 3 is 2.87 bits per heavy atom. The molecule has 88 valence electrons. The zero-order valence-electron chi connectivity index (χ0n) is 9.41. The molecule has 0 N–H and O–H groups in total. The fourth-order valence-corrected chi connectivity index (χ4v) is 8.90. The van der Waals surface area contributed by atoms with Crippen molar-refractivity contribution < 1.29 is 4.74 Å². The van der Waals surface area contributed by atoms with Crippen LogP contribution >= 0.6 is 33.1 Å². The maximum absolute atomic E-state index is 6.05. The van der Waals surface area contributed by atoms with E-state index in [1.54, 1.807) is 0 Å². The largest absolute Gasteiger partial charge is 0.375 e. The minimum Gasteiger partial charge on any atom is -0.375 e. The van der Waals surface area contributed by atoms with E-state index in [0.29, 0.717) is 5.60 Å². The van der Waals surface area contributed by atoms with Crippen molar-refractivity contribution in [2.75, 3.05) is 6.61 Å². The quantitative estimate of drug-likeness (QED) is 0.683. The molecule has 1 saturated carbocycles. The standard InChI is InChI=1S/C10H22OP4/c1-8-3-5-10(4-2-6-11-10)7-9(8)15(13)14-12/h8-9,14H,2-7,12-13H2,1H3. The molecule has 0 radical (unpaired) electrons. The minimum atomic E-state index is 0.149. The fourth-order valence-electron chi connectivity index (χ4n) is 2.95. The molecule has 15 heavy (non-hydrogen) atoms. The third kappa shape index (κ3) is 2.92. The van der Waals surface area contributed by atoms with Crippen LogP contribution in [-0.4, -0.2) is 17.9 Å². The van der Waals surface area contributed by atoms with Crippen LogP contribution in [0, 0.1) is 5.92 Å². The Bertz CT molecular complexity index is 213. The second kappa shape index (κ2) is 5.55. The van der Waals surface area contributed by atoms with Crippen LogP contribution in [0.25, 0.3) is 0 Å². The minimum absolute atomic E-state index is 0.149. The summed E-state index contributed by atoms with van der Waals surface area (Å²) in [7, 11) is 7.25. The second-order valence-electron chi connectivity index (χ2n) is 4.96. The van der Waals surface area contributed by atoms with Crippen molar-refractivity contribution in [3.8, 4) is 0 Å². The van der Waals surface area contributed by atoms with E-state index in [1.165, 1.54) is 32.1 Å². The van der Waals surface area contributed by atoms with Gasteiger partial charge in [0, 0.05) is 6.61 Å². The Labute approximate surface area is 101 Å². The Morgan fingerprint density at radius 2 is 2.27 bits per heavy atom. The van der Waals surface area contributed by atoms with E-state index in [1.807, 2.05) is 0 Å². The van der Waals surface area contributed by atoms with Crippen molar-refractivity contribution in [1.82, 2.24) is 0 Å². The molecule has 2 fully saturated rings. The molecule has 2 aliphatic rings. The van der Waals surface area contributed by atoms with E-state index < -0.39 is 0 Å². The van der Waals surface area contributed by atoms with Gasteiger partial charge in [-0.05, 0) is 43.7 Å². The Morgan fingerprint density at radius 1 is 1.47 bits per heavy atom. The van der Waals surface area contributed by atoms with Gasteiger partial charge in [-0.1, -0.05) is 22.2 Å². The van der Waals surface area contributed by atoms with Crippen LogP contribution < -0.4 is 0 Å². The van der Waals surface area contributed by atoms with Crippen LogP contribution in [0.3, 0.4) is 0 Å². The summed E-state index contributed by atoms with van der Waals surface area (Å²) in [6.07, 6.45) is 6.65. The summed E-state index contributed by atoms with van der Waals surface area (Å²) < 4.78 is 6.05. The van der Waals surface area contributed by atoms with Crippen LogP contribution in [0.1, 0.15) is 39.0 Å². The summed E-state index contributed by atoms with van der Waals surface area (Å²) in [5, 5.41) is 0. The van der Waals surface area contributed by atoms with Gasteiger partial charge in [-0.3, -0.25) is 0 Å². The molecule has 1 aliphatic heterocycles. The number of ether oxygens (including phenoxy) is 1. The van der Waals surface area contributed by atoms with Crippen molar-refractivity contribution >= 4 is 33.1 Å². The molecule has 2 rings (SSSR count). The first-order valence-electron chi connectivity index (χ1n) is 5.81. The van der Waals surface area contributed by atoms with Gasteiger partial charge in [0.25, 0.3) is 0 Å². The van der Waals surface area contributed by atoms with E-state index in [-0.39, 0.29) is 7.30 Å². The maximum atomic E-state index is 6.05. The predicted molar refractivity (Wildman–Crippen MR) is 79.4 cm³/mol. The Hall–Kier alpha value is 1.68. The molecule has 5 heteroatoms. The average molecular weight is 282 g/mol. The second-order valence-corrected chi connectivity index (χ2v) is 14.6. The first-order chi connectivity index (χ1) is 7.17. The molecule has 7 atom stereocenters. The lowest BCUT2D eigenvalue weighted by atomic mass is 9.78. The van der Waals surface area contributed by atoms with E-state index in [4.69, 9.17) is 4.74 Å². The van der Waals surface area contributed by atoms with Crippen molar-refractivity contribution in [2.24, 2.45) is 5.92 Å². The van der Waals surface area contributed by atoms with Gasteiger partial charge in [-0.25, -0.2) is 0 Å². The van der Waals surface area contributed by atoms with E-state index in [0.717, 1.165) is 26.1 Å². The normalized spacial score (nSPS) is 44.2. The Kier molecular flexibility index (Phi) is 4.85. The molecule has 0 aromatic heterocycles. The molecule has 1 saturated heterocycles. The highest BCUT2D eigenvalue weighted by Gasteiger charge is 2.43. The maximum Gasteiger partial charge on any atom is 0.0689 e. The van der Waals surface area contributed by atoms with Crippen molar-refractivity contribution in [2.45, 2.75) is 50.3 Å². The van der Waals surface area contributed by atoms with Crippen LogP contribution in [0.4, 0.5) is 0 Å². The van der Waals surface area contributed by atoms with Gasteiger partial charge in [0.1, 0.15) is 0 Å². The summed E-state index contributed by atoms with van der Waals surface area (Å²) in [6, 6.07) is 0. The zero-order chi connectivity index (χ0) is 10.9. The summed E-state index contributed by atoms with van der Waals surface area (Å²) >= 11 is 0. The molecular weight excluding hydrogens is 260 g/mol. The van der Waals surface area contributed by atoms with Crippen LogP contribution in [-0.2, 0) is 4.74 Å². The topological polar surface area (TPSA) is 9.23 Å². The van der Waals surface area contributed by atoms with Gasteiger partial charge in [0.15, 0.2) is 0 Å². The number of rotatable bonds is 2. The van der Waals surface area contributed by atoms with Gasteiger partial charge in [-0.2, -0.15) is 0 Å². The molecular formula is C10H22OP4. The first-order valence-corrected chi connectivity index (χ1v) is 12.5. The van der Waals surface area contributed by atoms with E-state index in [9.17, 15) is 0 Å². The monoisotopic (exact) mass is 282 g/mol. The van der Waals surface area contributed by atoms with Gasteiger partial charge >= 0.3 is 0 Å². The molecule has 0 aromatic rings. The molecule has 0 amide bonds. The summed E-state index contributed by atoms with van der Waals surface area (Å²) in [6.45, 7) is 3.45. The van der Waals surface area contributed by atoms with Gasteiger partial charge in [-0.15, -0.1) is 17.9 Å². The lowest BCUT2D eigenvalue weighted by molar-refractivity contribution is -0.0309. The lowest BCUT2D eigenvalue weighted by Gasteiger charge is -2.43. The molecule has 1 aliphatic carbocycles. The summed E-state index contributed by atoms with van der Waals surface area (Å²) in [5.41, 5.74) is 1.23. The Balaban J connectivity index is 2.03. The van der Waals surface area contributed by atoms with Gasteiger partial charge < -0.3 is 4.74 Å². The predicted octanol–water partition coefficient (Wildman–Crippen LogP) is 4.38. The van der Waals surface area contributed by atoms with Crippen LogP contribution in [0.2, 0.25) is 0 Å². The third-order valence-electron chi connectivity index (χ3n) is 3.98. The average Bonchev–Trinajstić information content (AvgIpc) is 2.70. The number of hydrogen-bond donors (Lipinski definition) is 0. The highest BCUT2D eigenvalue weighted by Crippen LogP contribution is 2.72. The SMILES string of the molecule is CC1CCC2(CCCO2)CC1P(P)PP. The van der Waals surface area contributed by atoms with Gasteiger partial charge in [0.2, 0.25) is 0 Å². The van der Waals surface area contributed by atoms with Crippen molar-refractivity contribution in [3.05, 3.63) is 0 Å². The zero-order valence-corrected chi connectivity index (χ0v) is 13.6. The number of hydrogen-bond acceptors (Lipinski definition) is 1. The summed E-state index contributed by atoms with van der Waals surface area (Å²) in [5.74, 6) is 0.913. The molecule has 7 unspecified atom stereocenters. The molecule has 1 heterocycles. The van der Waals surface area contributed by atoms with Crippen LogP contribution in [0.5, 0.6) is 0 Å². The van der Waals surface area contributed by atoms with E-state index in [2.05, 4.69) is 24.8 Å².